The maximum atomic E-state index is 13.3. The number of benzene rings is 1. The van der Waals surface area contributed by atoms with Gasteiger partial charge in [-0.05, 0) is 36.0 Å². The minimum Gasteiger partial charge on any atom is -0.261 e. The van der Waals surface area contributed by atoms with E-state index in [1.807, 2.05) is 6.07 Å². The summed E-state index contributed by atoms with van der Waals surface area (Å²) in [5, 5.41) is 9.39. The number of hydrogen-bond acceptors (Lipinski definition) is 4. The molecule has 21 heavy (non-hydrogen) atoms. The lowest BCUT2D eigenvalue weighted by molar-refractivity contribution is 0.0656. The Morgan fingerprint density at radius 2 is 2.00 bits per heavy atom. The molecule has 0 radical (unpaired) electrons. The molecule has 0 fully saturated rings. The van der Waals surface area contributed by atoms with Crippen LogP contribution in [0.15, 0.2) is 52.8 Å². The zero-order valence-electron chi connectivity index (χ0n) is 10.6. The van der Waals surface area contributed by atoms with Crippen LogP contribution in [0, 0.1) is 11.3 Å². The molecule has 1 aromatic carbocycles. The fourth-order valence-corrected chi connectivity index (χ4v) is 2.73. The largest absolute Gasteiger partial charge is 0.321 e. The zero-order chi connectivity index (χ0) is 14.8. The maximum absolute atomic E-state index is 13.3. The highest BCUT2D eigenvalue weighted by Gasteiger charge is 2.18. The Morgan fingerprint density at radius 3 is 2.67 bits per heavy atom. The summed E-state index contributed by atoms with van der Waals surface area (Å²) in [7, 11) is 0. The van der Waals surface area contributed by atoms with Crippen molar-refractivity contribution in [2.75, 3.05) is 0 Å². The number of para-hydroxylation sites is 2. The molecule has 0 amide bonds. The summed E-state index contributed by atoms with van der Waals surface area (Å²) in [5.41, 5.74) is 1.30. The summed E-state index contributed by atoms with van der Waals surface area (Å²) >= 11 is 1.04. The first-order valence-corrected chi connectivity index (χ1v) is 6.80. The Morgan fingerprint density at radius 1 is 1.19 bits per heavy atom. The van der Waals surface area contributed by atoms with Crippen molar-refractivity contribution in [1.29, 1.82) is 5.26 Å². The number of rotatable bonds is 3. The number of alkyl halides is 2. The number of nitriles is 1. The van der Waals surface area contributed by atoms with Crippen LogP contribution >= 0.6 is 11.8 Å². The Labute approximate surface area is 123 Å². The summed E-state index contributed by atoms with van der Waals surface area (Å²) < 4.78 is 27.4. The van der Waals surface area contributed by atoms with Crippen LogP contribution in [0.4, 0.5) is 8.78 Å². The molecular formula is C14H8F2N4S. The number of nitrogens with zero attached hydrogens (tertiary/aromatic N) is 4. The van der Waals surface area contributed by atoms with Crippen molar-refractivity contribution in [2.45, 2.75) is 16.7 Å². The minimum absolute atomic E-state index is 0.170. The Kier molecular flexibility index (Phi) is 3.54. The van der Waals surface area contributed by atoms with Crippen LogP contribution in [-0.2, 0) is 0 Å². The van der Waals surface area contributed by atoms with Crippen LogP contribution in [0.5, 0.6) is 0 Å². The number of aromatic nitrogens is 3. The topological polar surface area (TPSA) is 54.5 Å². The molecule has 104 valence electrons. The smallest absolute Gasteiger partial charge is 0.261 e. The summed E-state index contributed by atoms with van der Waals surface area (Å²) in [6.07, 6.45) is 1.40. The van der Waals surface area contributed by atoms with E-state index in [0.717, 1.165) is 16.3 Å². The predicted octanol–water partition coefficient (Wildman–Crippen LogP) is 3.85. The van der Waals surface area contributed by atoms with Crippen LogP contribution in [0.1, 0.15) is 12.1 Å². The lowest BCUT2D eigenvalue weighted by Crippen LogP contribution is -1.99. The quantitative estimate of drug-likeness (QED) is 0.737. The zero-order valence-corrected chi connectivity index (χ0v) is 11.4. The second-order valence-electron chi connectivity index (χ2n) is 4.13. The molecule has 0 spiro atoms. The van der Waals surface area contributed by atoms with Crippen molar-refractivity contribution in [2.24, 2.45) is 0 Å². The highest BCUT2D eigenvalue weighted by atomic mass is 32.2. The van der Waals surface area contributed by atoms with Crippen LogP contribution in [0.2, 0.25) is 0 Å². The molecule has 0 aliphatic heterocycles. The van der Waals surface area contributed by atoms with Crippen molar-refractivity contribution in [3.05, 3.63) is 48.2 Å². The van der Waals surface area contributed by atoms with Gasteiger partial charge >= 0.3 is 6.55 Å². The molecule has 0 saturated carbocycles. The average molecular weight is 302 g/mol. The van der Waals surface area contributed by atoms with Gasteiger partial charge in [0.1, 0.15) is 11.1 Å². The summed E-state index contributed by atoms with van der Waals surface area (Å²) in [6.45, 7) is -2.68. The fourth-order valence-electron chi connectivity index (χ4n) is 1.88. The van der Waals surface area contributed by atoms with Crippen molar-refractivity contribution >= 4 is 22.8 Å². The van der Waals surface area contributed by atoms with E-state index in [4.69, 9.17) is 5.26 Å². The van der Waals surface area contributed by atoms with Gasteiger partial charge in [-0.25, -0.2) is 9.97 Å². The standard InChI is InChI=1S/C14H8F2N4S/c15-13(16)20-11-4-2-1-3-10(11)19-14(20)21-12-6-5-9(7-17)8-18-12/h1-6,8,13H. The lowest BCUT2D eigenvalue weighted by atomic mass is 10.3. The van der Waals surface area contributed by atoms with E-state index in [0.29, 0.717) is 21.6 Å². The molecule has 3 aromatic rings. The third kappa shape index (κ3) is 2.58. The van der Waals surface area contributed by atoms with Crippen molar-refractivity contribution in [3.8, 4) is 6.07 Å². The maximum Gasteiger partial charge on any atom is 0.321 e. The van der Waals surface area contributed by atoms with Gasteiger partial charge in [-0.3, -0.25) is 4.57 Å². The first-order valence-electron chi connectivity index (χ1n) is 5.98. The first kappa shape index (κ1) is 13.5. The number of pyridine rings is 1. The molecule has 3 rings (SSSR count). The van der Waals surface area contributed by atoms with E-state index in [2.05, 4.69) is 9.97 Å². The average Bonchev–Trinajstić information content (AvgIpc) is 2.86. The molecule has 7 heteroatoms. The van der Waals surface area contributed by atoms with Gasteiger partial charge < -0.3 is 0 Å². The molecule has 0 bridgehead atoms. The number of hydrogen-bond donors (Lipinski definition) is 0. The SMILES string of the molecule is N#Cc1ccc(Sc2nc3ccccc3n2C(F)F)nc1. The van der Waals surface area contributed by atoms with Gasteiger partial charge in [0.15, 0.2) is 5.16 Å². The highest BCUT2D eigenvalue weighted by molar-refractivity contribution is 7.99. The van der Waals surface area contributed by atoms with Gasteiger partial charge in [-0.2, -0.15) is 14.0 Å². The first-order chi connectivity index (χ1) is 10.2. The van der Waals surface area contributed by atoms with Crippen LogP contribution in [0.25, 0.3) is 11.0 Å². The van der Waals surface area contributed by atoms with E-state index in [9.17, 15) is 8.78 Å². The van der Waals surface area contributed by atoms with Gasteiger partial charge in [0.05, 0.1) is 16.6 Å². The predicted molar refractivity (Wildman–Crippen MR) is 74.1 cm³/mol. The van der Waals surface area contributed by atoms with E-state index >= 15 is 0 Å². The Bertz CT molecular complexity index is 821. The van der Waals surface area contributed by atoms with Crippen molar-refractivity contribution in [1.82, 2.24) is 14.5 Å². The molecule has 0 aliphatic rings. The summed E-state index contributed by atoms with van der Waals surface area (Å²) in [6, 6.07) is 11.9. The van der Waals surface area contributed by atoms with Crippen LogP contribution in [-0.4, -0.2) is 14.5 Å². The fraction of sp³-hybridized carbons (Fsp3) is 0.0714. The summed E-state index contributed by atoms with van der Waals surface area (Å²) in [4.78, 5) is 8.27. The molecule has 0 saturated heterocycles. The summed E-state index contributed by atoms with van der Waals surface area (Å²) in [5.74, 6) is 0. The monoisotopic (exact) mass is 302 g/mol. The molecular weight excluding hydrogens is 294 g/mol. The Balaban J connectivity index is 2.03. The van der Waals surface area contributed by atoms with Crippen molar-refractivity contribution < 1.29 is 8.78 Å². The third-order valence-electron chi connectivity index (χ3n) is 2.82. The van der Waals surface area contributed by atoms with Gasteiger partial charge in [0.2, 0.25) is 0 Å². The second-order valence-corrected chi connectivity index (χ2v) is 5.12. The van der Waals surface area contributed by atoms with Crippen molar-refractivity contribution in [3.63, 3.8) is 0 Å². The number of imidazole rings is 1. The van der Waals surface area contributed by atoms with Gasteiger partial charge in [-0.1, -0.05) is 12.1 Å². The van der Waals surface area contributed by atoms with Gasteiger partial charge in [0.25, 0.3) is 0 Å². The molecule has 0 N–H and O–H groups in total. The molecule has 2 heterocycles. The number of halogens is 2. The van der Waals surface area contributed by atoms with Gasteiger partial charge in [-0.15, -0.1) is 0 Å². The molecule has 2 aromatic heterocycles. The molecule has 0 atom stereocenters. The van der Waals surface area contributed by atoms with E-state index in [1.165, 1.54) is 6.20 Å². The van der Waals surface area contributed by atoms with E-state index in [-0.39, 0.29) is 5.16 Å². The normalized spacial score (nSPS) is 11.0. The minimum atomic E-state index is -2.68. The van der Waals surface area contributed by atoms with Crippen LogP contribution in [0.3, 0.4) is 0 Å². The third-order valence-corrected chi connectivity index (χ3v) is 3.74. The van der Waals surface area contributed by atoms with E-state index < -0.39 is 6.55 Å². The highest BCUT2D eigenvalue weighted by Crippen LogP contribution is 2.32. The van der Waals surface area contributed by atoms with E-state index in [1.54, 1.807) is 36.4 Å². The second kappa shape index (κ2) is 5.50. The van der Waals surface area contributed by atoms with Crippen LogP contribution < -0.4 is 0 Å². The lowest BCUT2D eigenvalue weighted by Gasteiger charge is -2.06. The molecule has 0 aliphatic carbocycles. The molecule has 0 unspecified atom stereocenters. The number of fused-ring (bicyclic) bond motifs is 1. The van der Waals surface area contributed by atoms with Gasteiger partial charge in [0, 0.05) is 6.20 Å². The molecule has 4 nitrogen and oxygen atoms in total. The Hall–Kier alpha value is -2.46.